The van der Waals surface area contributed by atoms with Gasteiger partial charge in [0.1, 0.15) is 0 Å². The van der Waals surface area contributed by atoms with Gasteiger partial charge in [0.15, 0.2) is 5.82 Å². The highest BCUT2D eigenvalue weighted by Crippen LogP contribution is 2.31. The van der Waals surface area contributed by atoms with E-state index in [1.165, 1.54) is 0 Å². The van der Waals surface area contributed by atoms with Gasteiger partial charge in [-0.15, -0.1) is 0 Å². The molecule has 0 amide bonds. The predicted octanol–water partition coefficient (Wildman–Crippen LogP) is 0.272. The van der Waals surface area contributed by atoms with Crippen molar-refractivity contribution in [3.8, 4) is 0 Å². The maximum absolute atomic E-state index is 9.90. The molecule has 5 heteroatoms. The Morgan fingerprint density at radius 3 is 2.60 bits per heavy atom. The molecule has 0 saturated carbocycles. The molecule has 0 radical (unpaired) electrons. The highest BCUT2D eigenvalue weighted by atomic mass is 16.3. The molecule has 15 heavy (non-hydrogen) atoms. The molecule has 2 heterocycles. The molecule has 1 aromatic heterocycles. The van der Waals surface area contributed by atoms with Crippen LogP contribution in [0.1, 0.15) is 19.0 Å². The minimum atomic E-state index is -0.607. The minimum Gasteiger partial charge on any atom is -0.394 e. The predicted molar refractivity (Wildman–Crippen MR) is 59.8 cm³/mol. The van der Waals surface area contributed by atoms with Gasteiger partial charge in [-0.2, -0.15) is 5.10 Å². The van der Waals surface area contributed by atoms with E-state index >= 15 is 0 Å². The number of aliphatic hydroxyl groups is 1. The van der Waals surface area contributed by atoms with E-state index in [-0.39, 0.29) is 0 Å². The van der Waals surface area contributed by atoms with Crippen LogP contribution in [0.5, 0.6) is 0 Å². The third-order valence-corrected chi connectivity index (χ3v) is 2.99. The smallest absolute Gasteiger partial charge is 0.150 e. The zero-order valence-electron chi connectivity index (χ0n) is 9.49. The molecule has 2 rings (SSSR count). The number of aromatic nitrogens is 2. The first-order valence-electron chi connectivity index (χ1n) is 5.17. The van der Waals surface area contributed by atoms with E-state index in [0.29, 0.717) is 6.54 Å². The maximum Gasteiger partial charge on any atom is 0.150 e. The number of aryl methyl sites for hydroxylation is 2. The molecule has 0 spiro atoms. The number of nitrogens with two attached hydrogens (primary N) is 1. The molecule has 3 N–H and O–H groups in total. The molecule has 1 aromatic rings. The van der Waals surface area contributed by atoms with Gasteiger partial charge >= 0.3 is 0 Å². The van der Waals surface area contributed by atoms with Crippen molar-refractivity contribution in [1.29, 1.82) is 0 Å². The Bertz CT molecular complexity index is 383. The fourth-order valence-corrected chi connectivity index (χ4v) is 2.16. The lowest BCUT2D eigenvalue weighted by atomic mass is 10.1. The van der Waals surface area contributed by atoms with Gasteiger partial charge in [-0.3, -0.25) is 4.68 Å². The zero-order chi connectivity index (χ0) is 11.2. The zero-order valence-corrected chi connectivity index (χ0v) is 9.49. The van der Waals surface area contributed by atoms with Gasteiger partial charge in [-0.25, -0.2) is 0 Å². The lowest BCUT2D eigenvalue weighted by molar-refractivity contribution is 0.0839. The van der Waals surface area contributed by atoms with Crippen molar-refractivity contribution in [2.75, 3.05) is 23.7 Å². The second-order valence-corrected chi connectivity index (χ2v) is 4.61. The number of hydrogen-bond acceptors (Lipinski definition) is 4. The molecule has 5 nitrogen and oxygen atoms in total. The Balaban J connectivity index is 2.31. The third kappa shape index (κ3) is 1.67. The molecule has 1 atom stereocenters. The highest BCUT2D eigenvalue weighted by molar-refractivity contribution is 5.66. The van der Waals surface area contributed by atoms with E-state index in [4.69, 9.17) is 5.73 Å². The largest absolute Gasteiger partial charge is 0.394 e. The van der Waals surface area contributed by atoms with Crippen molar-refractivity contribution < 1.29 is 5.11 Å². The molecule has 0 aromatic carbocycles. The van der Waals surface area contributed by atoms with E-state index in [1.54, 1.807) is 4.68 Å². The van der Waals surface area contributed by atoms with E-state index in [0.717, 1.165) is 30.2 Å². The molecule has 1 aliphatic rings. The van der Waals surface area contributed by atoms with Gasteiger partial charge < -0.3 is 15.7 Å². The maximum atomic E-state index is 9.90. The summed E-state index contributed by atoms with van der Waals surface area (Å²) in [6.45, 7) is 5.20. The molecular weight excluding hydrogens is 192 g/mol. The van der Waals surface area contributed by atoms with E-state index < -0.39 is 5.60 Å². The summed E-state index contributed by atoms with van der Waals surface area (Å²) in [4.78, 5) is 2.09. The number of anilines is 2. The Kier molecular flexibility index (Phi) is 2.15. The third-order valence-electron chi connectivity index (χ3n) is 2.99. The second-order valence-electron chi connectivity index (χ2n) is 4.61. The van der Waals surface area contributed by atoms with Crippen LogP contribution in [0.3, 0.4) is 0 Å². The van der Waals surface area contributed by atoms with Crippen LogP contribution in [0, 0.1) is 6.92 Å². The molecule has 1 unspecified atom stereocenters. The van der Waals surface area contributed by atoms with Gasteiger partial charge in [0.2, 0.25) is 0 Å². The van der Waals surface area contributed by atoms with Crippen LogP contribution in [0.4, 0.5) is 11.5 Å². The van der Waals surface area contributed by atoms with Gasteiger partial charge in [0.25, 0.3) is 0 Å². The van der Waals surface area contributed by atoms with Crippen LogP contribution in [-0.2, 0) is 7.05 Å². The van der Waals surface area contributed by atoms with Crippen LogP contribution in [0.25, 0.3) is 0 Å². The standard InChI is InChI=1S/C10H18N4O/c1-7-8(11)9(13(3)12-7)14-5-4-10(2,15)6-14/h15H,4-6,11H2,1-3H3. The average molecular weight is 210 g/mol. The number of rotatable bonds is 1. The number of nitrogen functional groups attached to an aromatic ring is 1. The monoisotopic (exact) mass is 210 g/mol. The van der Waals surface area contributed by atoms with Crippen molar-refractivity contribution in [3.63, 3.8) is 0 Å². The van der Waals surface area contributed by atoms with Crippen LogP contribution in [-0.4, -0.2) is 33.6 Å². The van der Waals surface area contributed by atoms with Crippen LogP contribution in [0.2, 0.25) is 0 Å². The normalized spacial score (nSPS) is 26.3. The quantitative estimate of drug-likeness (QED) is 0.698. The van der Waals surface area contributed by atoms with Gasteiger partial charge in [0, 0.05) is 20.1 Å². The first kappa shape index (κ1) is 10.3. The lowest BCUT2D eigenvalue weighted by Gasteiger charge is -2.21. The molecule has 1 aliphatic heterocycles. The van der Waals surface area contributed by atoms with E-state index in [1.807, 2.05) is 20.9 Å². The van der Waals surface area contributed by atoms with Crippen LogP contribution >= 0.6 is 0 Å². The molecule has 1 fully saturated rings. The van der Waals surface area contributed by atoms with E-state index in [9.17, 15) is 5.11 Å². The molecule has 0 aliphatic carbocycles. The summed E-state index contributed by atoms with van der Waals surface area (Å²) in [5, 5.41) is 14.2. The highest BCUT2D eigenvalue weighted by Gasteiger charge is 2.33. The Morgan fingerprint density at radius 1 is 1.53 bits per heavy atom. The molecule has 84 valence electrons. The number of β-amino-alcohol motifs (C(OH)–C–C–N with tert-alkyl or cyclic N) is 1. The van der Waals surface area contributed by atoms with E-state index in [2.05, 4.69) is 10.00 Å². The molecule has 1 saturated heterocycles. The summed E-state index contributed by atoms with van der Waals surface area (Å²) in [5.41, 5.74) is 6.92. The van der Waals surface area contributed by atoms with Crippen molar-refractivity contribution in [1.82, 2.24) is 9.78 Å². The topological polar surface area (TPSA) is 67.3 Å². The molecule has 0 bridgehead atoms. The first-order chi connectivity index (χ1) is 6.91. The summed E-state index contributed by atoms with van der Waals surface area (Å²) in [6, 6.07) is 0. The summed E-state index contributed by atoms with van der Waals surface area (Å²) in [6.07, 6.45) is 0.774. The van der Waals surface area contributed by atoms with Crippen LogP contribution < -0.4 is 10.6 Å². The van der Waals surface area contributed by atoms with Gasteiger partial charge in [0.05, 0.1) is 17.0 Å². The second kappa shape index (κ2) is 3.13. The van der Waals surface area contributed by atoms with Crippen LogP contribution in [0.15, 0.2) is 0 Å². The van der Waals surface area contributed by atoms with Gasteiger partial charge in [-0.1, -0.05) is 0 Å². The summed E-state index contributed by atoms with van der Waals surface area (Å²) in [5.74, 6) is 0.922. The van der Waals surface area contributed by atoms with Crippen molar-refractivity contribution >= 4 is 11.5 Å². The fourth-order valence-electron chi connectivity index (χ4n) is 2.16. The SMILES string of the molecule is Cc1nn(C)c(N2CCC(C)(O)C2)c1N. The number of nitrogens with zero attached hydrogens (tertiary/aromatic N) is 3. The summed E-state index contributed by atoms with van der Waals surface area (Å²) >= 11 is 0. The Hall–Kier alpha value is -1.23. The van der Waals surface area contributed by atoms with Crippen molar-refractivity contribution in [3.05, 3.63) is 5.69 Å². The molecular formula is C10H18N4O. The minimum absolute atomic E-state index is 0.607. The first-order valence-corrected chi connectivity index (χ1v) is 5.17. The summed E-state index contributed by atoms with van der Waals surface area (Å²) in [7, 11) is 1.88. The summed E-state index contributed by atoms with van der Waals surface area (Å²) < 4.78 is 1.78. The lowest BCUT2D eigenvalue weighted by Crippen LogP contribution is -2.30. The number of hydrogen-bond donors (Lipinski definition) is 2. The van der Waals surface area contributed by atoms with Gasteiger partial charge in [-0.05, 0) is 20.3 Å². The van der Waals surface area contributed by atoms with Crippen molar-refractivity contribution in [2.45, 2.75) is 25.9 Å². The fraction of sp³-hybridized carbons (Fsp3) is 0.700. The Morgan fingerprint density at radius 2 is 2.20 bits per heavy atom. The van der Waals surface area contributed by atoms with Crippen molar-refractivity contribution in [2.24, 2.45) is 7.05 Å². The Labute approximate surface area is 89.5 Å². The average Bonchev–Trinajstić information content (AvgIpc) is 2.56.